The first-order valence-electron chi connectivity index (χ1n) is 14.4. The first kappa shape index (κ1) is 24.1. The third kappa shape index (κ3) is 3.88. The van der Waals surface area contributed by atoms with Crippen LogP contribution in [0.1, 0.15) is 72.0 Å². The van der Waals surface area contributed by atoms with Gasteiger partial charge in [-0.1, -0.05) is 36.4 Å². The lowest BCUT2D eigenvalue weighted by molar-refractivity contribution is 0.0570. The van der Waals surface area contributed by atoms with Crippen LogP contribution in [0, 0.1) is 0 Å². The molecule has 5 aromatic rings. The second-order valence-electron chi connectivity index (χ2n) is 11.6. The molecule has 6 heterocycles. The Morgan fingerprint density at radius 1 is 0.878 bits per heavy atom. The molecule has 206 valence electrons. The third-order valence-corrected chi connectivity index (χ3v) is 9.13. The summed E-state index contributed by atoms with van der Waals surface area (Å²) in [5.74, 6) is 1.63. The van der Waals surface area contributed by atoms with E-state index in [2.05, 4.69) is 33.5 Å². The number of rotatable bonds is 5. The largest absolute Gasteiger partial charge is 0.383 e. The second kappa shape index (κ2) is 9.15. The number of aromatic nitrogens is 6. The number of anilines is 2. The third-order valence-electron chi connectivity index (χ3n) is 9.13. The highest BCUT2D eigenvalue weighted by Crippen LogP contribution is 2.50. The van der Waals surface area contributed by atoms with E-state index in [4.69, 9.17) is 21.4 Å². The highest BCUT2D eigenvalue weighted by molar-refractivity contribution is 5.98. The summed E-state index contributed by atoms with van der Waals surface area (Å²) in [6.45, 7) is 0. The maximum absolute atomic E-state index is 13.4. The van der Waals surface area contributed by atoms with Crippen molar-refractivity contribution in [3.05, 3.63) is 77.9 Å². The predicted octanol–water partition coefficient (Wildman–Crippen LogP) is 4.77. The van der Waals surface area contributed by atoms with Crippen LogP contribution >= 0.6 is 0 Å². The van der Waals surface area contributed by atoms with Crippen LogP contribution in [0.3, 0.4) is 0 Å². The molecule has 1 aromatic carbocycles. The summed E-state index contributed by atoms with van der Waals surface area (Å²) in [4.78, 5) is 25.5. The molecule has 41 heavy (non-hydrogen) atoms. The Labute approximate surface area is 236 Å². The molecule has 5 N–H and O–H groups in total. The number of aromatic amines is 1. The lowest BCUT2D eigenvalue weighted by Gasteiger charge is -2.39. The number of carbonyl (C=O) groups excluding carboxylic acids is 1. The molecular weight excluding hydrogens is 514 g/mol. The number of H-pyrrole nitrogens is 1. The van der Waals surface area contributed by atoms with E-state index in [0.29, 0.717) is 23.1 Å². The zero-order valence-electron chi connectivity index (χ0n) is 22.6. The van der Waals surface area contributed by atoms with E-state index in [-0.39, 0.29) is 23.9 Å². The maximum Gasteiger partial charge on any atom is 0.259 e. The van der Waals surface area contributed by atoms with Crippen LogP contribution in [0.4, 0.5) is 11.6 Å². The number of nitrogens with zero attached hydrogens (tertiary/aromatic N) is 6. The molecule has 3 aliphatic rings. The summed E-state index contributed by atoms with van der Waals surface area (Å²) in [6, 6.07) is 14.5. The monoisotopic (exact) mass is 545 g/mol. The fraction of sp³-hybridized carbons (Fsp3) is 0.323. The number of hydrogen-bond acceptors (Lipinski definition) is 7. The number of benzene rings is 1. The highest BCUT2D eigenvalue weighted by Gasteiger charge is 2.46. The van der Waals surface area contributed by atoms with Crippen molar-refractivity contribution in [2.45, 2.75) is 62.4 Å². The van der Waals surface area contributed by atoms with Gasteiger partial charge in [0, 0.05) is 46.5 Å². The smallest absolute Gasteiger partial charge is 0.259 e. The first-order valence-corrected chi connectivity index (χ1v) is 14.4. The van der Waals surface area contributed by atoms with Crippen LogP contribution in [-0.4, -0.2) is 52.7 Å². The van der Waals surface area contributed by atoms with Gasteiger partial charge in [0.05, 0.1) is 23.8 Å². The summed E-state index contributed by atoms with van der Waals surface area (Å²) in [7, 11) is 0. The van der Waals surface area contributed by atoms with Crippen LogP contribution in [0.25, 0.3) is 28.0 Å². The fourth-order valence-corrected chi connectivity index (χ4v) is 7.02. The summed E-state index contributed by atoms with van der Waals surface area (Å²) < 4.78 is 1.80. The van der Waals surface area contributed by atoms with Crippen molar-refractivity contribution < 1.29 is 4.79 Å². The molecule has 1 amide bonds. The van der Waals surface area contributed by atoms with Crippen LogP contribution in [0.15, 0.2) is 61.1 Å². The van der Waals surface area contributed by atoms with Gasteiger partial charge < -0.3 is 16.4 Å². The summed E-state index contributed by atoms with van der Waals surface area (Å²) in [5, 5.41) is 11.3. The lowest BCUT2D eigenvalue weighted by Crippen LogP contribution is -2.46. The van der Waals surface area contributed by atoms with E-state index in [9.17, 15) is 4.79 Å². The van der Waals surface area contributed by atoms with E-state index in [1.807, 2.05) is 41.6 Å². The van der Waals surface area contributed by atoms with Gasteiger partial charge in [0.1, 0.15) is 17.2 Å². The minimum atomic E-state index is -0.0305. The average molecular weight is 546 g/mol. The van der Waals surface area contributed by atoms with Crippen molar-refractivity contribution in [2.75, 3.05) is 11.5 Å². The van der Waals surface area contributed by atoms with Gasteiger partial charge in [0.25, 0.3) is 5.91 Å². The molecule has 1 aliphatic carbocycles. The van der Waals surface area contributed by atoms with Crippen molar-refractivity contribution in [1.82, 2.24) is 34.7 Å². The van der Waals surface area contributed by atoms with Crippen molar-refractivity contribution >= 4 is 23.2 Å². The molecule has 0 spiro atoms. The van der Waals surface area contributed by atoms with Gasteiger partial charge >= 0.3 is 0 Å². The van der Waals surface area contributed by atoms with Gasteiger partial charge in [0.15, 0.2) is 5.65 Å². The minimum Gasteiger partial charge on any atom is -0.383 e. The van der Waals surface area contributed by atoms with Crippen molar-refractivity contribution in [3.8, 4) is 22.4 Å². The van der Waals surface area contributed by atoms with Crippen molar-refractivity contribution in [3.63, 3.8) is 0 Å². The van der Waals surface area contributed by atoms with Crippen molar-refractivity contribution in [2.24, 2.45) is 0 Å². The number of hydrogen-bond donors (Lipinski definition) is 3. The number of pyridine rings is 1. The lowest BCUT2D eigenvalue weighted by atomic mass is 9.84. The number of amides is 1. The quantitative estimate of drug-likeness (QED) is 0.288. The molecule has 1 unspecified atom stereocenters. The van der Waals surface area contributed by atoms with Crippen LogP contribution in [0.5, 0.6) is 0 Å². The zero-order valence-corrected chi connectivity index (χ0v) is 22.6. The molecule has 4 aromatic heterocycles. The van der Waals surface area contributed by atoms with Crippen LogP contribution in [-0.2, 0) is 0 Å². The summed E-state index contributed by atoms with van der Waals surface area (Å²) >= 11 is 0. The number of fused-ring (bicyclic) bond motifs is 3. The van der Waals surface area contributed by atoms with Gasteiger partial charge in [-0.15, -0.1) is 0 Å². The number of carbonyl (C=O) groups is 1. The SMILES string of the molecule is Nc1[nH]ncc1C(=O)N1[C@@H]2CC[C@H]1CC(c1nc3c(-c4ccc(-c5ccccc5)nc4)cnn3c(N)c1C1CC1)C2. The number of nitrogen functional groups attached to an aromatic ring is 2. The fourth-order valence-electron chi connectivity index (χ4n) is 7.02. The van der Waals surface area contributed by atoms with Gasteiger partial charge in [-0.3, -0.25) is 14.9 Å². The maximum atomic E-state index is 13.4. The van der Waals surface area contributed by atoms with Gasteiger partial charge in [-0.2, -0.15) is 14.7 Å². The molecule has 2 aliphatic heterocycles. The molecule has 2 bridgehead atoms. The van der Waals surface area contributed by atoms with E-state index < -0.39 is 0 Å². The number of piperidine rings is 1. The number of nitrogens with two attached hydrogens (primary N) is 2. The predicted molar refractivity (Wildman–Crippen MR) is 156 cm³/mol. The Morgan fingerprint density at radius 3 is 2.32 bits per heavy atom. The van der Waals surface area contributed by atoms with Gasteiger partial charge in [-0.25, -0.2) is 4.98 Å². The molecule has 10 heteroatoms. The van der Waals surface area contributed by atoms with Crippen LogP contribution in [0.2, 0.25) is 0 Å². The summed E-state index contributed by atoms with van der Waals surface area (Å²) in [5.41, 5.74) is 20.2. The van der Waals surface area contributed by atoms with E-state index in [1.54, 1.807) is 4.52 Å². The first-order chi connectivity index (χ1) is 20.1. The summed E-state index contributed by atoms with van der Waals surface area (Å²) in [6.07, 6.45) is 11.2. The molecule has 8 rings (SSSR count). The Morgan fingerprint density at radius 2 is 1.66 bits per heavy atom. The molecule has 10 nitrogen and oxygen atoms in total. The normalized spacial score (nSPS) is 22.0. The van der Waals surface area contributed by atoms with Crippen molar-refractivity contribution in [1.29, 1.82) is 0 Å². The second-order valence-corrected chi connectivity index (χ2v) is 11.6. The van der Waals surface area contributed by atoms with E-state index in [0.717, 1.165) is 77.8 Å². The topological polar surface area (TPSA) is 144 Å². The highest BCUT2D eigenvalue weighted by atomic mass is 16.2. The zero-order chi connectivity index (χ0) is 27.7. The Kier molecular flexibility index (Phi) is 5.38. The van der Waals surface area contributed by atoms with E-state index >= 15 is 0 Å². The molecule has 3 atom stereocenters. The minimum absolute atomic E-state index is 0.0305. The molecule has 3 fully saturated rings. The molecule has 2 saturated heterocycles. The van der Waals surface area contributed by atoms with Gasteiger partial charge in [-0.05, 0) is 50.5 Å². The Hall–Kier alpha value is -4.73. The molecule has 1 saturated carbocycles. The Balaban J connectivity index is 1.16. The van der Waals surface area contributed by atoms with Gasteiger partial charge in [0.2, 0.25) is 0 Å². The molecule has 0 radical (unpaired) electrons. The standard InChI is InChI=1S/C31H31N9O/c32-28-24(15-35-38-28)31(41)39-21-9-10-22(39)13-20(12-21)27-26(18-6-7-18)29(33)40-30(37-27)23(16-36-40)19-8-11-25(34-14-19)17-4-2-1-3-5-17/h1-5,8,11,14-16,18,20-22H,6-7,9-10,12-13,33H2,(H3,32,35,38)/t20?,21-,22+. The van der Waals surface area contributed by atoms with Crippen LogP contribution < -0.4 is 11.5 Å². The van der Waals surface area contributed by atoms with E-state index in [1.165, 1.54) is 6.20 Å². The average Bonchev–Trinajstić information content (AvgIpc) is 3.49. The number of nitrogens with one attached hydrogen (secondary N) is 1. The molecular formula is C31H31N9O. The Bertz CT molecular complexity index is 1760.